The molecule has 2 heterocycles. The SMILES string of the molecule is C[N+]12CCCC[C@@H]1[C@@H](COC(=O)C13C[C@@H]4C[C@@H](CC(Cl)(C4)C1)C3)CCC2. The Kier molecular flexibility index (Phi) is 4.18. The summed E-state index contributed by atoms with van der Waals surface area (Å²) in [5.41, 5.74) is -0.245. The van der Waals surface area contributed by atoms with Crippen LogP contribution in [0.15, 0.2) is 0 Å². The molecule has 6 aliphatic rings. The molecule has 26 heavy (non-hydrogen) atoms. The van der Waals surface area contributed by atoms with Crippen molar-refractivity contribution in [3.63, 3.8) is 0 Å². The number of ether oxygens (including phenoxy) is 1. The molecule has 0 amide bonds. The number of halogens is 1. The summed E-state index contributed by atoms with van der Waals surface area (Å²) in [6.07, 6.45) is 13.1. The van der Waals surface area contributed by atoms with Crippen LogP contribution in [-0.4, -0.2) is 48.1 Å². The summed E-state index contributed by atoms with van der Waals surface area (Å²) >= 11 is 6.91. The lowest BCUT2D eigenvalue weighted by molar-refractivity contribution is -0.947. The predicted molar refractivity (Wildman–Crippen MR) is 103 cm³/mol. The van der Waals surface area contributed by atoms with Crippen molar-refractivity contribution < 1.29 is 14.0 Å². The minimum Gasteiger partial charge on any atom is -0.465 e. The Bertz CT molecular complexity index is 575. The lowest BCUT2D eigenvalue weighted by atomic mass is 9.49. The monoisotopic (exact) mass is 380 g/mol. The van der Waals surface area contributed by atoms with Crippen LogP contribution < -0.4 is 0 Å². The van der Waals surface area contributed by atoms with Crippen LogP contribution in [-0.2, 0) is 9.53 Å². The van der Waals surface area contributed by atoms with Crippen LogP contribution in [0.3, 0.4) is 0 Å². The number of hydrogen-bond acceptors (Lipinski definition) is 2. The van der Waals surface area contributed by atoms with E-state index in [1.165, 1.54) is 56.1 Å². The van der Waals surface area contributed by atoms with E-state index in [0.717, 1.165) is 32.1 Å². The second-order valence-corrected chi connectivity index (χ2v) is 11.7. The van der Waals surface area contributed by atoms with Gasteiger partial charge in [-0.1, -0.05) is 0 Å². The van der Waals surface area contributed by atoms with Crippen molar-refractivity contribution in [2.75, 3.05) is 26.7 Å². The van der Waals surface area contributed by atoms with Gasteiger partial charge in [0.1, 0.15) is 0 Å². The number of esters is 1. The van der Waals surface area contributed by atoms with Crippen LogP contribution in [0.2, 0.25) is 0 Å². The summed E-state index contributed by atoms with van der Waals surface area (Å²) < 4.78 is 7.32. The Morgan fingerprint density at radius 3 is 2.54 bits per heavy atom. The Hall–Kier alpha value is -0.280. The average molecular weight is 381 g/mol. The van der Waals surface area contributed by atoms with Crippen molar-refractivity contribution in [2.24, 2.45) is 23.2 Å². The van der Waals surface area contributed by atoms with Gasteiger partial charge in [-0.3, -0.25) is 4.79 Å². The highest BCUT2D eigenvalue weighted by atomic mass is 35.5. The minimum absolute atomic E-state index is 0.104. The molecule has 0 spiro atoms. The molecule has 6 rings (SSSR count). The van der Waals surface area contributed by atoms with Gasteiger partial charge in [-0.05, 0) is 76.0 Å². The van der Waals surface area contributed by atoms with E-state index in [2.05, 4.69) is 7.05 Å². The van der Waals surface area contributed by atoms with E-state index < -0.39 is 0 Å². The number of nitrogens with zero attached hydrogens (tertiary/aromatic N) is 1. The largest absolute Gasteiger partial charge is 0.465 e. The molecule has 4 aliphatic carbocycles. The zero-order valence-corrected chi connectivity index (χ0v) is 17.1. The minimum atomic E-state index is -0.245. The summed E-state index contributed by atoms with van der Waals surface area (Å²) in [4.78, 5) is 13.1. The molecule has 146 valence electrons. The Morgan fingerprint density at radius 1 is 1.08 bits per heavy atom. The average Bonchev–Trinajstić information content (AvgIpc) is 2.56. The van der Waals surface area contributed by atoms with Crippen LogP contribution in [0.4, 0.5) is 0 Å². The number of hydrogen-bond donors (Lipinski definition) is 0. The molecule has 0 aromatic rings. The number of carbonyl (C=O) groups is 1. The van der Waals surface area contributed by atoms with Crippen molar-refractivity contribution in [3.05, 3.63) is 0 Å². The Balaban J connectivity index is 1.26. The van der Waals surface area contributed by atoms with E-state index in [4.69, 9.17) is 16.3 Å². The molecule has 0 aromatic heterocycles. The molecule has 6 fully saturated rings. The first kappa shape index (κ1) is 17.8. The summed E-state index contributed by atoms with van der Waals surface area (Å²) in [7, 11) is 2.44. The van der Waals surface area contributed by atoms with Gasteiger partial charge in [0.25, 0.3) is 0 Å². The molecule has 3 nitrogen and oxygen atoms in total. The maximum Gasteiger partial charge on any atom is 0.312 e. The lowest BCUT2D eigenvalue weighted by Crippen LogP contribution is -2.61. The molecule has 0 radical (unpaired) electrons. The first-order valence-electron chi connectivity index (χ1n) is 11.1. The number of alkyl halides is 1. The van der Waals surface area contributed by atoms with E-state index in [1.807, 2.05) is 0 Å². The predicted octanol–water partition coefficient (Wildman–Crippen LogP) is 4.52. The van der Waals surface area contributed by atoms with Gasteiger partial charge in [-0.15, -0.1) is 11.6 Å². The summed E-state index contributed by atoms with van der Waals surface area (Å²) in [6.45, 7) is 3.29. The molecule has 4 saturated carbocycles. The van der Waals surface area contributed by atoms with E-state index >= 15 is 0 Å². The third-order valence-corrected chi connectivity index (χ3v) is 9.30. The van der Waals surface area contributed by atoms with E-state index in [-0.39, 0.29) is 16.3 Å². The number of rotatable bonds is 3. The van der Waals surface area contributed by atoms with Crippen molar-refractivity contribution in [1.29, 1.82) is 0 Å². The van der Waals surface area contributed by atoms with Gasteiger partial charge in [-0.25, -0.2) is 0 Å². The summed E-state index contributed by atoms with van der Waals surface area (Å²) in [5, 5.41) is 0. The van der Waals surface area contributed by atoms with E-state index in [9.17, 15) is 4.79 Å². The van der Waals surface area contributed by atoms with Gasteiger partial charge in [-0.2, -0.15) is 0 Å². The van der Waals surface area contributed by atoms with Gasteiger partial charge in [0.2, 0.25) is 0 Å². The molecule has 7 atom stereocenters. The lowest BCUT2D eigenvalue weighted by Gasteiger charge is -2.58. The van der Waals surface area contributed by atoms with Crippen molar-refractivity contribution >= 4 is 17.6 Å². The normalized spacial score (nSPS) is 52.5. The van der Waals surface area contributed by atoms with Crippen molar-refractivity contribution in [3.8, 4) is 0 Å². The van der Waals surface area contributed by atoms with Gasteiger partial charge in [0, 0.05) is 17.2 Å². The third kappa shape index (κ3) is 2.83. The molecular weight excluding hydrogens is 346 g/mol. The highest BCUT2D eigenvalue weighted by molar-refractivity contribution is 6.24. The van der Waals surface area contributed by atoms with Crippen LogP contribution in [0.25, 0.3) is 0 Å². The number of quaternary nitrogens is 1. The second-order valence-electron chi connectivity index (χ2n) is 10.9. The fraction of sp³-hybridized carbons (Fsp3) is 0.955. The van der Waals surface area contributed by atoms with E-state index in [1.54, 1.807) is 0 Å². The second kappa shape index (κ2) is 6.11. The number of piperidine rings is 2. The maximum atomic E-state index is 13.2. The highest BCUT2D eigenvalue weighted by Crippen LogP contribution is 2.64. The van der Waals surface area contributed by atoms with Gasteiger partial charge in [0.05, 0.1) is 38.2 Å². The quantitative estimate of drug-likeness (QED) is 0.409. The Morgan fingerprint density at radius 2 is 1.81 bits per heavy atom. The van der Waals surface area contributed by atoms with Gasteiger partial charge < -0.3 is 9.22 Å². The topological polar surface area (TPSA) is 26.3 Å². The van der Waals surface area contributed by atoms with Gasteiger partial charge >= 0.3 is 5.97 Å². The molecule has 0 N–H and O–H groups in total. The van der Waals surface area contributed by atoms with Crippen molar-refractivity contribution in [2.45, 2.75) is 81.5 Å². The standard InChI is InChI=1S/C22H35ClNO2/c1-24-7-3-2-6-19(24)18(5-4-8-24)14-26-20(25)21-10-16-9-17(11-21)13-22(23,12-16)15-21/h16-19H,2-15H2,1H3/q+1/t16-,17+,18-,19-,21?,22?,24?/m1/s1. The van der Waals surface area contributed by atoms with Crippen LogP contribution in [0.1, 0.15) is 70.6 Å². The molecule has 4 bridgehead atoms. The van der Waals surface area contributed by atoms with Crippen LogP contribution in [0, 0.1) is 23.2 Å². The zero-order valence-electron chi connectivity index (χ0n) is 16.4. The molecular formula is C22H35ClNO2+. The number of fused-ring (bicyclic) bond motifs is 1. The maximum absolute atomic E-state index is 13.2. The first-order valence-corrected chi connectivity index (χ1v) is 11.5. The molecule has 2 saturated heterocycles. The molecule has 2 aliphatic heterocycles. The Labute approximate surface area is 163 Å². The third-order valence-electron chi connectivity index (χ3n) is 8.86. The first-order chi connectivity index (χ1) is 12.4. The van der Waals surface area contributed by atoms with Crippen molar-refractivity contribution in [1.82, 2.24) is 0 Å². The smallest absolute Gasteiger partial charge is 0.312 e. The van der Waals surface area contributed by atoms with Gasteiger partial charge in [0.15, 0.2) is 0 Å². The summed E-state index contributed by atoms with van der Waals surface area (Å²) in [6, 6.07) is 0.709. The fourth-order valence-electron chi connectivity index (χ4n) is 8.15. The fourth-order valence-corrected chi connectivity index (χ4v) is 8.85. The molecule has 4 heteroatoms. The van der Waals surface area contributed by atoms with Crippen LogP contribution in [0.5, 0.6) is 0 Å². The molecule has 0 aromatic carbocycles. The summed E-state index contributed by atoms with van der Waals surface area (Å²) in [5.74, 6) is 1.99. The highest BCUT2D eigenvalue weighted by Gasteiger charge is 2.61. The zero-order chi connectivity index (χ0) is 18.0. The number of carbonyl (C=O) groups excluding carboxylic acids is 1. The van der Waals surface area contributed by atoms with Crippen LogP contribution >= 0.6 is 11.6 Å². The van der Waals surface area contributed by atoms with E-state index in [0.29, 0.717) is 30.4 Å². The molecule has 3 unspecified atom stereocenters.